The molecule has 0 bridgehead atoms. The molecule has 0 unspecified atom stereocenters. The molecule has 0 spiro atoms. The van der Waals surface area contributed by atoms with E-state index in [0.717, 1.165) is 22.4 Å². The Balaban J connectivity index is 1.51. The van der Waals surface area contributed by atoms with Gasteiger partial charge in [0.15, 0.2) is 5.69 Å². The molecule has 0 aliphatic carbocycles. The first-order chi connectivity index (χ1) is 21.3. The fourth-order valence-electron chi connectivity index (χ4n) is 5.26. The number of hydrogen-bond acceptors (Lipinski definition) is 5. The minimum Gasteiger partial charge on any atom is -0.497 e. The highest BCUT2D eigenvalue weighted by Crippen LogP contribution is 2.36. The molecule has 2 aromatic heterocycles. The Morgan fingerprint density at radius 2 is 1.80 bits per heavy atom. The third-order valence-electron chi connectivity index (χ3n) is 7.47. The predicted octanol–water partition coefficient (Wildman–Crippen LogP) is 6.60. The Kier molecular flexibility index (Phi) is 8.23. The van der Waals surface area contributed by atoms with E-state index >= 15 is 0 Å². The Hall–Kier alpha value is -4.86. The van der Waals surface area contributed by atoms with Crippen molar-refractivity contribution in [3.8, 4) is 11.4 Å². The van der Waals surface area contributed by atoms with E-state index in [1.165, 1.54) is 6.20 Å². The van der Waals surface area contributed by atoms with E-state index in [9.17, 15) is 9.59 Å². The van der Waals surface area contributed by atoms with Crippen LogP contribution in [0.25, 0.3) is 17.3 Å². The Bertz CT molecular complexity index is 1850. The molecule has 0 saturated heterocycles. The predicted molar refractivity (Wildman–Crippen MR) is 170 cm³/mol. The molecule has 1 aliphatic heterocycles. The monoisotopic (exact) mass is 626 g/mol. The first-order valence-corrected chi connectivity index (χ1v) is 14.6. The standard InChI is InChI=1S/C33H28Cl2N6O3/c1-20(22-6-4-3-5-7-22)37-32(42)30-26-19-40(33(43)28-14-15-36-38-28)18-23(16-21-8-11-25(44-2)12-9-21)31(26)41(39-30)29-13-10-24(34)17-27(29)35/h3-17,20H,18-19H2,1-2H3,(H,36,38)(H,37,42)/b23-16+/t20-/m1/s1. The molecular formula is C33H28Cl2N6O3. The highest BCUT2D eigenvalue weighted by Gasteiger charge is 2.35. The number of carbonyl (C=O) groups is 2. The Morgan fingerprint density at radius 3 is 2.48 bits per heavy atom. The number of hydrogen-bond donors (Lipinski definition) is 2. The van der Waals surface area contributed by atoms with E-state index in [2.05, 4.69) is 15.5 Å². The van der Waals surface area contributed by atoms with Crippen LogP contribution in [0, 0.1) is 0 Å². The average Bonchev–Trinajstić information content (AvgIpc) is 3.71. The van der Waals surface area contributed by atoms with Crippen LogP contribution in [0.5, 0.6) is 5.75 Å². The highest BCUT2D eigenvalue weighted by atomic mass is 35.5. The summed E-state index contributed by atoms with van der Waals surface area (Å²) in [5.74, 6) is 0.0909. The lowest BCUT2D eigenvalue weighted by Gasteiger charge is -2.30. The van der Waals surface area contributed by atoms with Crippen LogP contribution < -0.4 is 10.1 Å². The van der Waals surface area contributed by atoms with E-state index in [-0.39, 0.29) is 36.6 Å². The smallest absolute Gasteiger partial charge is 0.272 e. The van der Waals surface area contributed by atoms with Gasteiger partial charge in [-0.2, -0.15) is 10.2 Å². The number of ether oxygens (including phenoxy) is 1. The number of halogens is 2. The number of nitrogens with one attached hydrogen (secondary N) is 2. The van der Waals surface area contributed by atoms with Gasteiger partial charge < -0.3 is 15.0 Å². The lowest BCUT2D eigenvalue weighted by Crippen LogP contribution is -2.37. The molecule has 0 saturated carbocycles. The summed E-state index contributed by atoms with van der Waals surface area (Å²) >= 11 is 12.9. The molecule has 3 aromatic carbocycles. The molecule has 1 atom stereocenters. The number of H-pyrrole nitrogens is 1. The van der Waals surface area contributed by atoms with Crippen LogP contribution in [0.3, 0.4) is 0 Å². The highest BCUT2D eigenvalue weighted by molar-refractivity contribution is 6.35. The van der Waals surface area contributed by atoms with Gasteiger partial charge in [-0.25, -0.2) is 4.68 Å². The molecule has 2 N–H and O–H groups in total. The number of benzene rings is 3. The first kappa shape index (κ1) is 29.2. The Morgan fingerprint density at radius 1 is 1.02 bits per heavy atom. The van der Waals surface area contributed by atoms with Gasteiger partial charge in [0.2, 0.25) is 0 Å². The van der Waals surface area contributed by atoms with Crippen molar-refractivity contribution in [3.05, 3.63) is 129 Å². The average molecular weight is 628 g/mol. The summed E-state index contributed by atoms with van der Waals surface area (Å²) in [5, 5.41) is 15.5. The molecule has 3 heterocycles. The summed E-state index contributed by atoms with van der Waals surface area (Å²) in [4.78, 5) is 29.2. The van der Waals surface area contributed by atoms with Gasteiger partial charge >= 0.3 is 0 Å². The summed E-state index contributed by atoms with van der Waals surface area (Å²) in [6, 6.07) is 23.7. The number of aromatic nitrogens is 4. The lowest BCUT2D eigenvalue weighted by atomic mass is 9.96. The molecule has 11 heteroatoms. The topological polar surface area (TPSA) is 105 Å². The van der Waals surface area contributed by atoms with E-state index in [1.807, 2.05) is 67.6 Å². The zero-order chi connectivity index (χ0) is 30.8. The first-order valence-electron chi connectivity index (χ1n) is 13.9. The molecule has 6 rings (SSSR count). The molecular weight excluding hydrogens is 599 g/mol. The molecule has 9 nitrogen and oxygen atoms in total. The van der Waals surface area contributed by atoms with Gasteiger partial charge in [0.1, 0.15) is 11.4 Å². The van der Waals surface area contributed by atoms with E-state index in [1.54, 1.807) is 41.0 Å². The van der Waals surface area contributed by atoms with Crippen molar-refractivity contribution in [2.45, 2.75) is 19.5 Å². The fraction of sp³-hybridized carbons (Fsp3) is 0.152. The van der Waals surface area contributed by atoms with Crippen molar-refractivity contribution < 1.29 is 14.3 Å². The van der Waals surface area contributed by atoms with Gasteiger partial charge in [0.25, 0.3) is 11.8 Å². The third-order valence-corrected chi connectivity index (χ3v) is 8.01. The maximum atomic E-state index is 13.9. The summed E-state index contributed by atoms with van der Waals surface area (Å²) in [5.41, 5.74) is 4.94. The minimum atomic E-state index is -0.374. The van der Waals surface area contributed by atoms with Crippen molar-refractivity contribution in [3.63, 3.8) is 0 Å². The number of fused-ring (bicyclic) bond motifs is 1. The maximum Gasteiger partial charge on any atom is 0.272 e. The number of amides is 2. The van der Waals surface area contributed by atoms with Gasteiger partial charge in [-0.1, -0.05) is 65.7 Å². The van der Waals surface area contributed by atoms with Crippen molar-refractivity contribution in [2.75, 3.05) is 13.7 Å². The Labute approximate surface area is 264 Å². The molecule has 0 radical (unpaired) electrons. The molecule has 222 valence electrons. The second-order valence-electron chi connectivity index (χ2n) is 10.4. The molecule has 44 heavy (non-hydrogen) atoms. The van der Waals surface area contributed by atoms with Gasteiger partial charge in [-0.15, -0.1) is 0 Å². The van der Waals surface area contributed by atoms with Gasteiger partial charge in [0.05, 0.1) is 36.1 Å². The largest absolute Gasteiger partial charge is 0.497 e. The van der Waals surface area contributed by atoms with Gasteiger partial charge in [-0.05, 0) is 66.1 Å². The summed E-state index contributed by atoms with van der Waals surface area (Å²) in [6.07, 6.45) is 3.50. The summed E-state index contributed by atoms with van der Waals surface area (Å²) in [6.45, 7) is 2.30. The second-order valence-corrected chi connectivity index (χ2v) is 11.2. The molecule has 5 aromatic rings. The van der Waals surface area contributed by atoms with E-state index < -0.39 is 0 Å². The number of carbonyl (C=O) groups excluding carboxylic acids is 2. The molecule has 0 fully saturated rings. The summed E-state index contributed by atoms with van der Waals surface area (Å²) in [7, 11) is 1.61. The number of rotatable bonds is 7. The van der Waals surface area contributed by atoms with E-state index in [0.29, 0.717) is 32.7 Å². The van der Waals surface area contributed by atoms with Crippen LogP contribution in [-0.2, 0) is 6.54 Å². The van der Waals surface area contributed by atoms with Crippen LogP contribution in [-0.4, -0.2) is 50.3 Å². The van der Waals surface area contributed by atoms with Crippen molar-refractivity contribution in [2.24, 2.45) is 0 Å². The fourth-order valence-corrected chi connectivity index (χ4v) is 5.75. The lowest BCUT2D eigenvalue weighted by molar-refractivity contribution is 0.0752. The zero-order valence-corrected chi connectivity index (χ0v) is 25.4. The van der Waals surface area contributed by atoms with Crippen LogP contribution in [0.1, 0.15) is 56.3 Å². The minimum absolute atomic E-state index is 0.140. The van der Waals surface area contributed by atoms with E-state index in [4.69, 9.17) is 33.0 Å². The van der Waals surface area contributed by atoms with Crippen LogP contribution >= 0.6 is 23.2 Å². The maximum absolute atomic E-state index is 13.9. The zero-order valence-electron chi connectivity index (χ0n) is 23.9. The number of nitrogens with zero attached hydrogens (tertiary/aromatic N) is 4. The van der Waals surface area contributed by atoms with Crippen molar-refractivity contribution in [1.29, 1.82) is 0 Å². The SMILES string of the molecule is COc1ccc(/C=C2\CN(C(=O)c3ccn[nH]3)Cc3c(C(=O)N[C@H](C)c4ccccc4)nn(-c4ccc(Cl)cc4Cl)c32)cc1. The van der Waals surface area contributed by atoms with Crippen molar-refractivity contribution in [1.82, 2.24) is 30.2 Å². The van der Waals surface area contributed by atoms with Crippen molar-refractivity contribution >= 4 is 46.7 Å². The van der Waals surface area contributed by atoms with Gasteiger partial charge in [0, 0.05) is 23.3 Å². The van der Waals surface area contributed by atoms with Crippen LogP contribution in [0.4, 0.5) is 0 Å². The number of aromatic amines is 1. The van der Waals surface area contributed by atoms with Gasteiger partial charge in [-0.3, -0.25) is 14.7 Å². The van der Waals surface area contributed by atoms with Crippen LogP contribution in [0.15, 0.2) is 85.1 Å². The molecule has 2 amide bonds. The third kappa shape index (κ3) is 5.84. The number of methoxy groups -OCH3 is 1. The van der Waals surface area contributed by atoms with Crippen LogP contribution in [0.2, 0.25) is 10.0 Å². The quantitative estimate of drug-likeness (QED) is 0.212. The molecule has 1 aliphatic rings. The summed E-state index contributed by atoms with van der Waals surface area (Å²) < 4.78 is 7.00. The second kappa shape index (κ2) is 12.4. The normalized spacial score (nSPS) is 14.3.